The minimum Gasteiger partial charge on any atom is -0.373 e. The highest BCUT2D eigenvalue weighted by atomic mass is 16.3. The van der Waals surface area contributed by atoms with Crippen LogP contribution in [0.1, 0.15) is 25.7 Å². The van der Waals surface area contributed by atoms with E-state index in [0.29, 0.717) is 25.7 Å². The highest BCUT2D eigenvalue weighted by Gasteiger charge is 2.42. The molecule has 2 heterocycles. The van der Waals surface area contributed by atoms with Crippen molar-refractivity contribution in [3.05, 3.63) is 0 Å². The lowest BCUT2D eigenvalue weighted by Crippen LogP contribution is -2.49. The maximum absolute atomic E-state index is 11.3. The Labute approximate surface area is 70.2 Å². The highest BCUT2D eigenvalue weighted by molar-refractivity contribution is 5.93. The Hall–Kier alpha value is -0.900. The number of nitrogens with zero attached hydrogens (tertiary/aromatic N) is 1. The molecule has 2 atom stereocenters. The van der Waals surface area contributed by atoms with E-state index in [2.05, 4.69) is 0 Å². The predicted molar refractivity (Wildman–Crippen MR) is 40.1 cm³/mol. The first-order valence-corrected chi connectivity index (χ1v) is 4.22. The van der Waals surface area contributed by atoms with Gasteiger partial charge in [0.1, 0.15) is 6.23 Å². The summed E-state index contributed by atoms with van der Waals surface area (Å²) in [6.07, 6.45) is 1.10. The molecule has 4 heteroatoms. The van der Waals surface area contributed by atoms with E-state index in [9.17, 15) is 14.7 Å². The maximum atomic E-state index is 11.3. The summed E-state index contributed by atoms with van der Waals surface area (Å²) in [4.78, 5) is 23.8. The fourth-order valence-corrected chi connectivity index (χ4v) is 1.97. The molecule has 0 radical (unpaired) electrons. The normalized spacial score (nSPS) is 35.6. The molecule has 0 aromatic heterocycles. The quantitative estimate of drug-likeness (QED) is 0.539. The van der Waals surface area contributed by atoms with Gasteiger partial charge in [-0.3, -0.25) is 9.59 Å². The molecule has 0 bridgehead atoms. The second-order valence-corrected chi connectivity index (χ2v) is 3.34. The Morgan fingerprint density at radius 2 is 2.00 bits per heavy atom. The lowest BCUT2D eigenvalue weighted by molar-refractivity contribution is -0.150. The number of aliphatic hydroxyl groups is 1. The predicted octanol–water partition coefficient (Wildman–Crippen LogP) is -0.341. The fourth-order valence-electron chi connectivity index (χ4n) is 1.97. The minimum atomic E-state index is -0.720. The molecule has 2 aliphatic rings. The molecule has 2 aliphatic heterocycles. The van der Waals surface area contributed by atoms with Crippen molar-refractivity contribution in [2.75, 3.05) is 0 Å². The summed E-state index contributed by atoms with van der Waals surface area (Å²) in [5.74, 6) is 0.0201. The lowest BCUT2D eigenvalue weighted by Gasteiger charge is -2.33. The molecule has 4 nitrogen and oxygen atoms in total. The van der Waals surface area contributed by atoms with Gasteiger partial charge in [-0.25, -0.2) is 0 Å². The summed E-state index contributed by atoms with van der Waals surface area (Å²) < 4.78 is 0. The zero-order chi connectivity index (χ0) is 8.72. The summed E-state index contributed by atoms with van der Waals surface area (Å²) in [6.45, 7) is 0. The number of amides is 1. The summed E-state index contributed by atoms with van der Waals surface area (Å²) in [5, 5.41) is 9.42. The summed E-state index contributed by atoms with van der Waals surface area (Å²) >= 11 is 0. The van der Waals surface area contributed by atoms with Crippen LogP contribution in [0.25, 0.3) is 0 Å². The van der Waals surface area contributed by atoms with Crippen molar-refractivity contribution in [1.82, 2.24) is 4.90 Å². The average Bonchev–Trinajstić information content (AvgIpc) is 2.42. The molecule has 2 fully saturated rings. The minimum absolute atomic E-state index is 0.0828. The third kappa shape index (κ3) is 0.948. The van der Waals surface area contributed by atoms with Crippen LogP contribution in [0.2, 0.25) is 0 Å². The molecular weight excluding hydrogens is 158 g/mol. The van der Waals surface area contributed by atoms with Gasteiger partial charge in [0.15, 0.2) is 5.78 Å². The van der Waals surface area contributed by atoms with Crippen molar-refractivity contribution in [2.45, 2.75) is 38.0 Å². The first-order chi connectivity index (χ1) is 5.70. The number of ketones is 1. The molecular formula is C8H11NO3. The van der Waals surface area contributed by atoms with Gasteiger partial charge in [-0.15, -0.1) is 0 Å². The molecule has 0 spiro atoms. The van der Waals surface area contributed by atoms with Gasteiger partial charge in [0.05, 0.1) is 6.04 Å². The number of hydrogen-bond donors (Lipinski definition) is 1. The van der Waals surface area contributed by atoms with Crippen LogP contribution < -0.4 is 0 Å². The van der Waals surface area contributed by atoms with Crippen molar-refractivity contribution >= 4 is 11.7 Å². The standard InChI is InChI=1S/C8H11NO3/c10-6-2-4-8(12)9-5(6)1-3-7(9)11/h5,8,12H,1-4H2. The van der Waals surface area contributed by atoms with Crippen LogP contribution in [0.4, 0.5) is 0 Å². The fraction of sp³-hybridized carbons (Fsp3) is 0.750. The summed E-state index contributed by atoms with van der Waals surface area (Å²) in [6, 6.07) is -0.318. The average molecular weight is 169 g/mol. The Morgan fingerprint density at radius 3 is 2.67 bits per heavy atom. The highest BCUT2D eigenvalue weighted by Crippen LogP contribution is 2.28. The monoisotopic (exact) mass is 169 g/mol. The zero-order valence-corrected chi connectivity index (χ0v) is 6.69. The first-order valence-electron chi connectivity index (χ1n) is 4.22. The van der Waals surface area contributed by atoms with Crippen LogP contribution in [-0.2, 0) is 9.59 Å². The Morgan fingerprint density at radius 1 is 1.25 bits per heavy atom. The summed E-state index contributed by atoms with van der Waals surface area (Å²) in [7, 11) is 0. The van der Waals surface area contributed by atoms with Crippen molar-refractivity contribution in [3.8, 4) is 0 Å². The Kier molecular flexibility index (Phi) is 1.65. The molecule has 2 saturated heterocycles. The molecule has 2 rings (SSSR count). The smallest absolute Gasteiger partial charge is 0.225 e. The van der Waals surface area contributed by atoms with Crippen LogP contribution >= 0.6 is 0 Å². The van der Waals surface area contributed by atoms with E-state index in [1.54, 1.807) is 0 Å². The van der Waals surface area contributed by atoms with E-state index < -0.39 is 6.23 Å². The van der Waals surface area contributed by atoms with E-state index in [4.69, 9.17) is 0 Å². The van der Waals surface area contributed by atoms with Gasteiger partial charge < -0.3 is 10.0 Å². The second kappa shape index (κ2) is 2.55. The molecule has 1 N–H and O–H groups in total. The van der Waals surface area contributed by atoms with Gasteiger partial charge in [0.25, 0.3) is 0 Å². The number of rotatable bonds is 0. The number of carbonyl (C=O) groups excluding carboxylic acids is 2. The van der Waals surface area contributed by atoms with Gasteiger partial charge in [0, 0.05) is 12.8 Å². The van der Waals surface area contributed by atoms with E-state index in [1.807, 2.05) is 0 Å². The second-order valence-electron chi connectivity index (χ2n) is 3.34. The van der Waals surface area contributed by atoms with Crippen molar-refractivity contribution in [1.29, 1.82) is 0 Å². The molecule has 0 aromatic carbocycles. The molecule has 12 heavy (non-hydrogen) atoms. The van der Waals surface area contributed by atoms with E-state index >= 15 is 0 Å². The first kappa shape index (κ1) is 7.73. The van der Waals surface area contributed by atoms with Crippen LogP contribution in [0, 0.1) is 0 Å². The number of carbonyl (C=O) groups is 2. The van der Waals surface area contributed by atoms with Gasteiger partial charge in [-0.05, 0) is 12.8 Å². The van der Waals surface area contributed by atoms with Gasteiger partial charge in [-0.1, -0.05) is 0 Å². The third-order valence-electron chi connectivity index (χ3n) is 2.60. The molecule has 66 valence electrons. The van der Waals surface area contributed by atoms with Crippen molar-refractivity contribution in [2.24, 2.45) is 0 Å². The summed E-state index contributed by atoms with van der Waals surface area (Å²) in [5.41, 5.74) is 0. The molecule has 1 amide bonds. The lowest BCUT2D eigenvalue weighted by atomic mass is 10.0. The van der Waals surface area contributed by atoms with Gasteiger partial charge in [-0.2, -0.15) is 0 Å². The zero-order valence-electron chi connectivity index (χ0n) is 6.69. The van der Waals surface area contributed by atoms with Gasteiger partial charge in [0.2, 0.25) is 5.91 Å². The van der Waals surface area contributed by atoms with E-state index in [1.165, 1.54) is 4.90 Å². The van der Waals surface area contributed by atoms with E-state index in [0.717, 1.165) is 0 Å². The van der Waals surface area contributed by atoms with E-state index in [-0.39, 0.29) is 17.7 Å². The largest absolute Gasteiger partial charge is 0.373 e. The van der Waals surface area contributed by atoms with Crippen LogP contribution in [-0.4, -0.2) is 34.0 Å². The van der Waals surface area contributed by atoms with Gasteiger partial charge >= 0.3 is 0 Å². The van der Waals surface area contributed by atoms with Crippen LogP contribution in [0.3, 0.4) is 0 Å². The van der Waals surface area contributed by atoms with Crippen molar-refractivity contribution in [3.63, 3.8) is 0 Å². The number of aliphatic hydroxyl groups excluding tert-OH is 1. The molecule has 0 saturated carbocycles. The van der Waals surface area contributed by atoms with Crippen LogP contribution in [0.5, 0.6) is 0 Å². The maximum Gasteiger partial charge on any atom is 0.225 e. The SMILES string of the molecule is O=C1CCC(O)N2C(=O)CCC12. The van der Waals surface area contributed by atoms with Crippen LogP contribution in [0.15, 0.2) is 0 Å². The number of Topliss-reactive ketones (excluding diaryl/α,β-unsaturated/α-hetero) is 1. The number of piperidine rings is 1. The van der Waals surface area contributed by atoms with Crippen molar-refractivity contribution < 1.29 is 14.7 Å². The molecule has 0 aliphatic carbocycles. The topological polar surface area (TPSA) is 57.6 Å². The Bertz CT molecular complexity index is 236. The third-order valence-corrected chi connectivity index (χ3v) is 2.60. The number of hydrogen-bond acceptors (Lipinski definition) is 3. The number of fused-ring (bicyclic) bond motifs is 1. The molecule has 2 unspecified atom stereocenters. The molecule has 0 aromatic rings. The Balaban J connectivity index is 2.24.